The minimum atomic E-state index is 0.212. The van der Waals surface area contributed by atoms with Crippen molar-refractivity contribution in [3.8, 4) is 0 Å². The van der Waals surface area contributed by atoms with Crippen molar-refractivity contribution in [2.45, 2.75) is 362 Å². The highest BCUT2D eigenvalue weighted by atomic mass is 16.3. The quantitative estimate of drug-likeness (QED) is 0.0475. The van der Waals surface area contributed by atoms with Crippen LogP contribution >= 0.6 is 0 Å². The summed E-state index contributed by atoms with van der Waals surface area (Å²) in [6.45, 7) is 19.1. The zero-order chi connectivity index (χ0) is 56.0. The van der Waals surface area contributed by atoms with Crippen LogP contribution in [0.5, 0.6) is 0 Å². The summed E-state index contributed by atoms with van der Waals surface area (Å²) < 4.78 is 0. The number of nitrogens with zero attached hydrogens (tertiary/aromatic N) is 5. The molecule has 0 aromatic carbocycles. The first kappa shape index (κ1) is 74.3. The Morgan fingerprint density at radius 3 is 0.615 bits per heavy atom. The van der Waals surface area contributed by atoms with Crippen LogP contribution in [0.1, 0.15) is 362 Å². The van der Waals surface area contributed by atoms with E-state index in [1.807, 2.05) is 0 Å². The fourth-order valence-corrected chi connectivity index (χ4v) is 11.4. The lowest BCUT2D eigenvalue weighted by Gasteiger charge is -2.23. The van der Waals surface area contributed by atoms with E-state index in [9.17, 15) is 5.11 Å². The molecule has 0 aliphatic heterocycles. The molecule has 1 aromatic heterocycles. The lowest BCUT2D eigenvalue weighted by molar-refractivity contribution is 0.259. The Bertz CT molecular complexity index is 1140. The number of hydrogen-bond acceptors (Lipinski definition) is 9. The summed E-state index contributed by atoms with van der Waals surface area (Å²) in [7, 11) is 0. The van der Waals surface area contributed by atoms with Crippen LogP contribution in [0.25, 0.3) is 0 Å². The van der Waals surface area contributed by atoms with Crippen molar-refractivity contribution in [2.24, 2.45) is 0 Å². The number of nitrogens with one attached hydrogen (secondary N) is 3. The number of aromatic nitrogens is 3. The zero-order valence-electron chi connectivity index (χ0n) is 53.5. The maximum atomic E-state index is 9.41. The van der Waals surface area contributed by atoms with E-state index in [-0.39, 0.29) is 6.61 Å². The summed E-state index contributed by atoms with van der Waals surface area (Å²) in [6.07, 6.45) is 71.3. The van der Waals surface area contributed by atoms with Crippen LogP contribution in [0.2, 0.25) is 0 Å². The van der Waals surface area contributed by atoms with E-state index in [0.717, 1.165) is 58.4 Å². The van der Waals surface area contributed by atoms with Gasteiger partial charge in [0.25, 0.3) is 0 Å². The highest BCUT2D eigenvalue weighted by molar-refractivity contribution is 5.42. The van der Waals surface area contributed by atoms with Crippen LogP contribution in [0.15, 0.2) is 0 Å². The Morgan fingerprint density at radius 2 is 0.410 bits per heavy atom. The monoisotopic (exact) mass is 1100 g/mol. The SMILES string of the molecule is CCCCCCCCCCCCCCN(CCCCCCCCCCCCCC)CCCNc1nc(NCCCCO)nc(NCCCN(CCCCCCCCCCCCCC)CCCCCCCCCCCCCC)n1. The first-order chi connectivity index (χ1) is 38.7. The van der Waals surface area contributed by atoms with Crippen LogP contribution in [0.3, 0.4) is 0 Å². The van der Waals surface area contributed by atoms with Crippen molar-refractivity contribution in [1.82, 2.24) is 24.8 Å². The number of hydrogen-bond donors (Lipinski definition) is 4. The number of rotatable bonds is 67. The maximum absolute atomic E-state index is 9.41. The molecule has 1 heterocycles. The first-order valence-electron chi connectivity index (χ1n) is 35.7. The zero-order valence-corrected chi connectivity index (χ0v) is 53.5. The van der Waals surface area contributed by atoms with Gasteiger partial charge in [-0.3, -0.25) is 0 Å². The van der Waals surface area contributed by atoms with E-state index in [2.05, 4.69) is 53.4 Å². The third-order valence-corrected chi connectivity index (χ3v) is 16.7. The lowest BCUT2D eigenvalue weighted by atomic mass is 10.0. The third kappa shape index (κ3) is 53.6. The molecule has 0 spiro atoms. The average Bonchev–Trinajstić information content (AvgIpc) is 3.45. The van der Waals surface area contributed by atoms with Gasteiger partial charge in [-0.2, -0.15) is 15.0 Å². The van der Waals surface area contributed by atoms with E-state index in [0.29, 0.717) is 17.8 Å². The van der Waals surface area contributed by atoms with Crippen LogP contribution in [0.4, 0.5) is 17.8 Å². The second kappa shape index (κ2) is 62.9. The standard InChI is InChI=1S/C69H140N8O/c1-5-9-13-17-21-25-29-33-37-41-45-50-60-76(61-51-46-42-38-34-30-26-22-18-14-10-6-2)64-55-58-71-68-73-67(70-57-49-54-66-78)74-69(75-68)72-59-56-65-77(62-52-47-43-39-35-31-27-23-19-15-11-7-3)63-53-48-44-40-36-32-28-24-20-16-12-8-4/h78H,5-66H2,1-4H3,(H3,70,71,72,73,74,75). The molecule has 0 atom stereocenters. The summed E-state index contributed by atoms with van der Waals surface area (Å²) in [5.74, 6) is 1.94. The molecule has 0 amide bonds. The minimum absolute atomic E-state index is 0.212. The Kier molecular flexibility index (Phi) is 59.9. The van der Waals surface area contributed by atoms with Crippen LogP contribution < -0.4 is 16.0 Å². The molecule has 0 saturated carbocycles. The average molecular weight is 1100 g/mol. The molecule has 0 saturated heterocycles. The topological polar surface area (TPSA) is 101 Å². The molecule has 78 heavy (non-hydrogen) atoms. The van der Waals surface area contributed by atoms with Crippen molar-refractivity contribution >= 4 is 17.8 Å². The van der Waals surface area contributed by atoms with E-state index < -0.39 is 0 Å². The first-order valence-corrected chi connectivity index (χ1v) is 35.7. The van der Waals surface area contributed by atoms with Crippen molar-refractivity contribution in [3.63, 3.8) is 0 Å². The van der Waals surface area contributed by atoms with Gasteiger partial charge in [0.05, 0.1) is 0 Å². The molecule has 9 heteroatoms. The number of aliphatic hydroxyl groups excluding tert-OH is 1. The number of unbranched alkanes of at least 4 members (excludes halogenated alkanes) is 45. The smallest absolute Gasteiger partial charge is 0.229 e. The van der Waals surface area contributed by atoms with Gasteiger partial charge in [-0.15, -0.1) is 0 Å². The van der Waals surface area contributed by atoms with Crippen LogP contribution in [-0.4, -0.2) is 95.4 Å². The molecule has 0 aliphatic rings. The Hall–Kier alpha value is -1.71. The lowest BCUT2D eigenvalue weighted by Crippen LogP contribution is -2.29. The normalized spacial score (nSPS) is 11.7. The summed E-state index contributed by atoms with van der Waals surface area (Å²) in [6, 6.07) is 0. The van der Waals surface area contributed by atoms with E-state index in [1.54, 1.807) is 0 Å². The Morgan fingerprint density at radius 1 is 0.231 bits per heavy atom. The largest absolute Gasteiger partial charge is 0.396 e. The van der Waals surface area contributed by atoms with Gasteiger partial charge in [0.1, 0.15) is 0 Å². The molecular formula is C69H140N8O. The van der Waals surface area contributed by atoms with Crippen LogP contribution in [0, 0.1) is 0 Å². The minimum Gasteiger partial charge on any atom is -0.396 e. The van der Waals surface area contributed by atoms with Gasteiger partial charge in [-0.1, -0.05) is 310 Å². The molecular weight excluding hydrogens is 957 g/mol. The molecule has 4 N–H and O–H groups in total. The predicted octanol–water partition coefficient (Wildman–Crippen LogP) is 21.1. The second-order valence-corrected chi connectivity index (χ2v) is 24.5. The molecule has 0 unspecified atom stereocenters. The Labute approximate surface area is 488 Å². The predicted molar refractivity (Wildman–Crippen MR) is 348 cm³/mol. The number of aliphatic hydroxyl groups is 1. The van der Waals surface area contributed by atoms with Crippen molar-refractivity contribution < 1.29 is 5.11 Å². The Balaban J connectivity index is 2.72. The van der Waals surface area contributed by atoms with Crippen molar-refractivity contribution in [3.05, 3.63) is 0 Å². The van der Waals surface area contributed by atoms with Crippen molar-refractivity contribution in [2.75, 3.05) is 81.5 Å². The van der Waals surface area contributed by atoms with Crippen molar-refractivity contribution in [1.29, 1.82) is 0 Å². The molecule has 0 fully saturated rings. The summed E-state index contributed by atoms with van der Waals surface area (Å²) in [5.41, 5.74) is 0. The number of anilines is 3. The highest BCUT2D eigenvalue weighted by Crippen LogP contribution is 2.18. The van der Waals surface area contributed by atoms with Gasteiger partial charge in [0, 0.05) is 26.2 Å². The van der Waals surface area contributed by atoms with Gasteiger partial charge in [0.2, 0.25) is 17.8 Å². The fourth-order valence-electron chi connectivity index (χ4n) is 11.4. The third-order valence-electron chi connectivity index (χ3n) is 16.7. The van der Waals surface area contributed by atoms with E-state index in [4.69, 9.17) is 15.0 Å². The molecule has 0 bridgehead atoms. The maximum Gasteiger partial charge on any atom is 0.229 e. The summed E-state index contributed by atoms with van der Waals surface area (Å²) in [4.78, 5) is 20.1. The van der Waals surface area contributed by atoms with Gasteiger partial charge in [-0.25, -0.2) is 0 Å². The highest BCUT2D eigenvalue weighted by Gasteiger charge is 2.11. The fraction of sp³-hybridized carbons (Fsp3) is 0.957. The van der Waals surface area contributed by atoms with Gasteiger partial charge >= 0.3 is 0 Å². The summed E-state index contributed by atoms with van der Waals surface area (Å²) >= 11 is 0. The molecule has 462 valence electrons. The van der Waals surface area contributed by atoms with E-state index >= 15 is 0 Å². The molecule has 1 aromatic rings. The molecule has 9 nitrogen and oxygen atoms in total. The van der Waals surface area contributed by atoms with Crippen LogP contribution in [-0.2, 0) is 0 Å². The molecule has 0 aliphatic carbocycles. The van der Waals surface area contributed by atoms with Gasteiger partial charge in [0.15, 0.2) is 0 Å². The second-order valence-electron chi connectivity index (χ2n) is 24.5. The van der Waals surface area contributed by atoms with E-state index in [1.165, 1.54) is 334 Å². The van der Waals surface area contributed by atoms with Gasteiger partial charge < -0.3 is 30.9 Å². The van der Waals surface area contributed by atoms with Gasteiger partial charge in [-0.05, 0) is 90.6 Å². The summed E-state index contributed by atoms with van der Waals surface area (Å²) in [5, 5.41) is 20.1. The molecule has 1 rings (SSSR count). The molecule has 0 radical (unpaired) electrons.